The number of terminal acetylenes is 1. The fraction of sp³-hybridized carbons (Fsp3) is 0.375. The van der Waals surface area contributed by atoms with Crippen molar-refractivity contribution >= 4 is 10.9 Å². The first kappa shape index (κ1) is 20.3. The van der Waals surface area contributed by atoms with Crippen LogP contribution in [0, 0.1) is 12.3 Å². The van der Waals surface area contributed by atoms with Gasteiger partial charge in [0.1, 0.15) is 6.61 Å². The van der Waals surface area contributed by atoms with E-state index in [9.17, 15) is 5.11 Å². The van der Waals surface area contributed by atoms with Crippen molar-refractivity contribution in [3.63, 3.8) is 0 Å². The number of piperidine rings is 1. The first-order valence-corrected chi connectivity index (χ1v) is 10.2. The zero-order valence-electron chi connectivity index (χ0n) is 17.3. The molecule has 0 amide bonds. The topological polar surface area (TPSA) is 59.8 Å². The lowest BCUT2D eigenvalue weighted by Gasteiger charge is -2.38. The van der Waals surface area contributed by atoms with Crippen LogP contribution in [0.3, 0.4) is 0 Å². The van der Waals surface area contributed by atoms with Crippen LogP contribution in [-0.2, 0) is 13.1 Å². The van der Waals surface area contributed by atoms with E-state index in [0.717, 1.165) is 48.9 Å². The van der Waals surface area contributed by atoms with Crippen molar-refractivity contribution in [2.45, 2.75) is 31.5 Å². The number of fused-ring (bicyclic) bond motifs is 1. The van der Waals surface area contributed by atoms with Gasteiger partial charge in [-0.25, -0.2) is 0 Å². The SMILES string of the molecule is C#CCOc1ccc(CN2CCC(O)(Cn3ccc4ccncc43)CC2)cc1OC. The van der Waals surface area contributed by atoms with Gasteiger partial charge in [-0.05, 0) is 42.7 Å². The number of hydrogen-bond donors (Lipinski definition) is 1. The van der Waals surface area contributed by atoms with Gasteiger partial charge in [0.05, 0.1) is 31.0 Å². The van der Waals surface area contributed by atoms with E-state index in [1.54, 1.807) is 13.3 Å². The first-order chi connectivity index (χ1) is 14.6. The summed E-state index contributed by atoms with van der Waals surface area (Å²) in [7, 11) is 1.63. The number of nitrogens with zero attached hydrogens (tertiary/aromatic N) is 3. The molecular formula is C24H27N3O3. The van der Waals surface area contributed by atoms with Crippen LogP contribution in [0.15, 0.2) is 48.9 Å². The molecule has 0 saturated carbocycles. The summed E-state index contributed by atoms with van der Waals surface area (Å²) in [6, 6.07) is 9.99. The summed E-state index contributed by atoms with van der Waals surface area (Å²) in [6.07, 6.45) is 12.4. The van der Waals surface area contributed by atoms with Gasteiger partial charge < -0.3 is 19.1 Å². The van der Waals surface area contributed by atoms with Crippen LogP contribution < -0.4 is 9.47 Å². The van der Waals surface area contributed by atoms with E-state index < -0.39 is 5.60 Å². The molecule has 30 heavy (non-hydrogen) atoms. The molecule has 0 unspecified atom stereocenters. The maximum absolute atomic E-state index is 11.2. The van der Waals surface area contributed by atoms with E-state index in [2.05, 4.69) is 26.4 Å². The molecule has 156 valence electrons. The Kier molecular flexibility index (Phi) is 5.93. The molecule has 0 bridgehead atoms. The Bertz CT molecular complexity index is 1050. The number of ether oxygens (including phenoxy) is 2. The third kappa shape index (κ3) is 4.43. The van der Waals surface area contributed by atoms with Crippen molar-refractivity contribution < 1.29 is 14.6 Å². The highest BCUT2D eigenvalue weighted by molar-refractivity contribution is 5.78. The van der Waals surface area contributed by atoms with Crippen molar-refractivity contribution in [3.05, 3.63) is 54.5 Å². The second-order valence-electron chi connectivity index (χ2n) is 7.86. The lowest BCUT2D eigenvalue weighted by atomic mass is 9.91. The second kappa shape index (κ2) is 8.78. The number of likely N-dealkylation sites (tertiary alicyclic amines) is 1. The Morgan fingerprint density at radius 3 is 2.80 bits per heavy atom. The zero-order chi connectivity index (χ0) is 21.0. The van der Waals surface area contributed by atoms with Gasteiger partial charge in [0, 0.05) is 37.4 Å². The fourth-order valence-electron chi connectivity index (χ4n) is 4.08. The molecule has 4 rings (SSSR count). The standard InChI is InChI=1S/C24H27N3O3/c1-3-14-30-22-5-4-19(15-23(22)29-2)17-26-12-8-24(28,9-13-26)18-27-11-7-20-6-10-25-16-21(20)27/h1,4-7,10-11,15-16,28H,8-9,12-14,17-18H2,2H3. The third-order valence-electron chi connectivity index (χ3n) is 5.77. The predicted octanol–water partition coefficient (Wildman–Crippen LogP) is 3.08. The van der Waals surface area contributed by atoms with Gasteiger partial charge in [-0.1, -0.05) is 12.0 Å². The zero-order valence-corrected chi connectivity index (χ0v) is 17.3. The average Bonchev–Trinajstić information content (AvgIpc) is 3.17. The average molecular weight is 405 g/mol. The van der Waals surface area contributed by atoms with Gasteiger partial charge in [0.2, 0.25) is 0 Å². The highest BCUT2D eigenvalue weighted by Gasteiger charge is 2.33. The molecule has 1 aliphatic heterocycles. The summed E-state index contributed by atoms with van der Waals surface area (Å²) < 4.78 is 13.1. The van der Waals surface area contributed by atoms with Gasteiger partial charge in [0.15, 0.2) is 11.5 Å². The number of aromatic nitrogens is 2. The maximum atomic E-state index is 11.2. The maximum Gasteiger partial charge on any atom is 0.162 e. The summed E-state index contributed by atoms with van der Waals surface area (Å²) in [5.74, 6) is 3.80. The molecule has 1 fully saturated rings. The summed E-state index contributed by atoms with van der Waals surface area (Å²) >= 11 is 0. The van der Waals surface area contributed by atoms with E-state index in [-0.39, 0.29) is 6.61 Å². The Morgan fingerprint density at radius 2 is 2.03 bits per heavy atom. The van der Waals surface area contributed by atoms with Crippen LogP contribution in [0.2, 0.25) is 0 Å². The molecule has 3 aromatic rings. The van der Waals surface area contributed by atoms with Crippen molar-refractivity contribution in [2.24, 2.45) is 0 Å². The minimum absolute atomic E-state index is 0.215. The van der Waals surface area contributed by atoms with Gasteiger partial charge in [-0.2, -0.15) is 0 Å². The van der Waals surface area contributed by atoms with Crippen molar-refractivity contribution in [1.29, 1.82) is 0 Å². The number of pyridine rings is 1. The van der Waals surface area contributed by atoms with Gasteiger partial charge in [-0.3, -0.25) is 9.88 Å². The van der Waals surface area contributed by atoms with Crippen LogP contribution in [0.5, 0.6) is 11.5 Å². The molecule has 2 aromatic heterocycles. The van der Waals surface area contributed by atoms with E-state index >= 15 is 0 Å². The molecule has 6 nitrogen and oxygen atoms in total. The molecule has 3 heterocycles. The number of hydrogen-bond acceptors (Lipinski definition) is 5. The number of benzene rings is 1. The number of rotatable bonds is 7. The van der Waals surface area contributed by atoms with Gasteiger partial charge in [0.25, 0.3) is 0 Å². The van der Waals surface area contributed by atoms with Crippen molar-refractivity contribution in [1.82, 2.24) is 14.5 Å². The van der Waals surface area contributed by atoms with Crippen LogP contribution in [0.25, 0.3) is 10.9 Å². The molecule has 1 aromatic carbocycles. The highest BCUT2D eigenvalue weighted by atomic mass is 16.5. The summed E-state index contributed by atoms with van der Waals surface area (Å²) in [6.45, 7) is 3.29. The quantitative estimate of drug-likeness (QED) is 0.612. The molecule has 1 saturated heterocycles. The minimum Gasteiger partial charge on any atom is -0.493 e. The third-order valence-corrected chi connectivity index (χ3v) is 5.77. The Hall–Kier alpha value is -3.01. The van der Waals surface area contributed by atoms with Crippen molar-refractivity contribution in [2.75, 3.05) is 26.8 Å². The summed E-state index contributed by atoms with van der Waals surface area (Å²) in [5.41, 5.74) is 1.50. The Balaban J connectivity index is 1.37. The van der Waals surface area contributed by atoms with Crippen LogP contribution in [0.4, 0.5) is 0 Å². The molecule has 1 aliphatic rings. The molecule has 6 heteroatoms. The highest BCUT2D eigenvalue weighted by Crippen LogP contribution is 2.30. The summed E-state index contributed by atoms with van der Waals surface area (Å²) in [5, 5.41) is 12.3. The fourth-order valence-corrected chi connectivity index (χ4v) is 4.08. The lowest BCUT2D eigenvalue weighted by Crippen LogP contribution is -2.46. The summed E-state index contributed by atoms with van der Waals surface area (Å²) in [4.78, 5) is 6.58. The van der Waals surface area contributed by atoms with E-state index in [1.165, 1.54) is 0 Å². The number of aliphatic hydroxyl groups is 1. The molecular weight excluding hydrogens is 378 g/mol. The molecule has 0 spiro atoms. The van der Waals surface area contributed by atoms with Gasteiger partial charge >= 0.3 is 0 Å². The predicted molar refractivity (Wildman–Crippen MR) is 117 cm³/mol. The van der Waals surface area contributed by atoms with Crippen LogP contribution in [-0.4, -0.2) is 52.0 Å². The molecule has 0 atom stereocenters. The Morgan fingerprint density at radius 1 is 1.20 bits per heavy atom. The lowest BCUT2D eigenvalue weighted by molar-refractivity contribution is -0.0349. The normalized spacial score (nSPS) is 16.3. The van der Waals surface area contributed by atoms with E-state index in [0.29, 0.717) is 18.0 Å². The largest absolute Gasteiger partial charge is 0.493 e. The van der Waals surface area contributed by atoms with E-state index in [4.69, 9.17) is 15.9 Å². The second-order valence-corrected chi connectivity index (χ2v) is 7.86. The van der Waals surface area contributed by atoms with E-state index in [1.807, 2.05) is 36.7 Å². The molecule has 0 radical (unpaired) electrons. The van der Waals surface area contributed by atoms with Crippen molar-refractivity contribution in [3.8, 4) is 23.8 Å². The first-order valence-electron chi connectivity index (χ1n) is 10.2. The monoisotopic (exact) mass is 405 g/mol. The molecule has 0 aliphatic carbocycles. The molecule has 1 N–H and O–H groups in total. The van der Waals surface area contributed by atoms with Gasteiger partial charge in [-0.15, -0.1) is 6.42 Å². The smallest absolute Gasteiger partial charge is 0.162 e. The number of methoxy groups -OCH3 is 1. The Labute approximate surface area is 177 Å². The van der Waals surface area contributed by atoms with Crippen LogP contribution in [0.1, 0.15) is 18.4 Å². The van der Waals surface area contributed by atoms with Crippen LogP contribution >= 0.6 is 0 Å². The minimum atomic E-state index is -0.705.